The minimum atomic E-state index is -5.87. The Hall–Kier alpha value is -2.63. The second-order valence-corrected chi connectivity index (χ2v) is 15.6. The van der Waals surface area contributed by atoms with Crippen molar-refractivity contribution in [3.8, 4) is 0 Å². The van der Waals surface area contributed by atoms with Crippen LogP contribution in [-0.4, -0.2) is 54.9 Å². The molecule has 1 fully saturated rings. The zero-order valence-corrected chi connectivity index (χ0v) is 29.7. The first kappa shape index (κ1) is 42.4. The molecule has 0 bridgehead atoms. The first-order valence-electron chi connectivity index (χ1n) is 15.3. The molecule has 8 nitrogen and oxygen atoms in total. The summed E-state index contributed by atoms with van der Waals surface area (Å²) in [6.07, 6.45) is 6.09. The van der Waals surface area contributed by atoms with E-state index in [1.165, 1.54) is 6.08 Å². The Labute approximate surface area is 269 Å². The number of ether oxygens (including phenoxy) is 1. The molecule has 0 aromatic heterocycles. The number of hydrogen-bond donors (Lipinski definition) is 0. The smallest absolute Gasteiger partial charge is 0.459 e. The van der Waals surface area contributed by atoms with E-state index in [1.54, 1.807) is 18.7 Å². The number of hydrogen-bond acceptors (Lipinski definition) is 7. The maximum absolute atomic E-state index is 12.9. The van der Waals surface area contributed by atoms with Gasteiger partial charge in [0, 0.05) is 6.92 Å². The second kappa shape index (κ2) is 16.8. The van der Waals surface area contributed by atoms with Gasteiger partial charge in [-0.15, -0.1) is 0 Å². The molecule has 0 N–H and O–H groups in total. The minimum absolute atomic E-state index is 0.00566. The summed E-state index contributed by atoms with van der Waals surface area (Å²) in [4.78, 5) is 29.3. The van der Waals surface area contributed by atoms with Gasteiger partial charge in [0.25, 0.3) is 0 Å². The lowest BCUT2D eigenvalue weighted by atomic mass is 9.69. The molecular formula is C33H55F3N2O6S. The number of rotatable bonds is 12. The number of alkyl halides is 3. The molecule has 0 saturated heterocycles. The number of amides is 1. The van der Waals surface area contributed by atoms with Crippen LogP contribution in [0, 0.1) is 16.7 Å². The molecule has 1 amide bonds. The van der Waals surface area contributed by atoms with Crippen molar-refractivity contribution in [3.63, 3.8) is 0 Å². The highest BCUT2D eigenvalue weighted by atomic mass is 32.2. The van der Waals surface area contributed by atoms with Gasteiger partial charge in [0.15, 0.2) is 0 Å². The number of carbonyl (C=O) groups is 2. The van der Waals surface area contributed by atoms with Gasteiger partial charge in [0.05, 0.1) is 17.7 Å². The Morgan fingerprint density at radius 1 is 1.09 bits per heavy atom. The van der Waals surface area contributed by atoms with Crippen LogP contribution in [0.25, 0.3) is 0 Å². The Balaban J connectivity index is 0.00000165. The van der Waals surface area contributed by atoms with Crippen molar-refractivity contribution in [2.75, 3.05) is 0 Å². The Morgan fingerprint density at radius 3 is 1.96 bits per heavy atom. The molecular weight excluding hydrogens is 609 g/mol. The average molecular weight is 665 g/mol. The average Bonchev–Trinajstić information content (AvgIpc) is 2.88. The molecule has 1 atom stereocenters. The molecule has 0 spiro atoms. The zero-order valence-electron chi connectivity index (χ0n) is 28.8. The first-order chi connectivity index (χ1) is 20.3. The molecule has 1 rings (SSSR count). The van der Waals surface area contributed by atoms with Crippen LogP contribution in [0.3, 0.4) is 0 Å². The largest absolute Gasteiger partial charge is 0.534 e. The SMILES string of the molecule is C=C(CC)C(CCC(C)(C)C)N(C=O)C1(/N=C(\C)OS(=O)(=O)C(F)(F)F)CCC(C(C)(C)C)CC1.C=CC(=C)C(=O)OC(C)C. The van der Waals surface area contributed by atoms with Crippen LogP contribution in [0.2, 0.25) is 0 Å². The fraction of sp³-hybridized carbons (Fsp3) is 0.727. The quantitative estimate of drug-likeness (QED) is 0.0239. The van der Waals surface area contributed by atoms with Crippen LogP contribution in [0.5, 0.6) is 0 Å². The lowest BCUT2D eigenvalue weighted by Crippen LogP contribution is -2.55. The summed E-state index contributed by atoms with van der Waals surface area (Å²) in [7, 11) is -5.87. The minimum Gasteiger partial charge on any atom is -0.459 e. The molecule has 1 aliphatic carbocycles. The highest BCUT2D eigenvalue weighted by Crippen LogP contribution is 2.46. The topological polar surface area (TPSA) is 102 Å². The number of carbonyl (C=O) groups excluding carboxylic acids is 2. The molecule has 0 aliphatic heterocycles. The van der Waals surface area contributed by atoms with Crippen LogP contribution in [0.4, 0.5) is 13.2 Å². The fourth-order valence-corrected chi connectivity index (χ4v) is 5.52. The molecule has 1 aliphatic rings. The Morgan fingerprint density at radius 2 is 1.60 bits per heavy atom. The van der Waals surface area contributed by atoms with Crippen LogP contribution < -0.4 is 0 Å². The van der Waals surface area contributed by atoms with Gasteiger partial charge >= 0.3 is 21.6 Å². The van der Waals surface area contributed by atoms with Gasteiger partial charge in [-0.3, -0.25) is 4.79 Å². The molecule has 1 unspecified atom stereocenters. The summed E-state index contributed by atoms with van der Waals surface area (Å²) in [5, 5.41) is 0. The van der Waals surface area contributed by atoms with Gasteiger partial charge in [-0.2, -0.15) is 21.6 Å². The van der Waals surface area contributed by atoms with Crippen LogP contribution in [-0.2, 0) is 28.6 Å². The summed E-state index contributed by atoms with van der Waals surface area (Å²) >= 11 is 0. The summed E-state index contributed by atoms with van der Waals surface area (Å²) in [5.74, 6) is -0.716. The number of aliphatic imine (C=N–C) groups is 1. The molecule has 0 radical (unpaired) electrons. The maximum atomic E-state index is 12.9. The van der Waals surface area contributed by atoms with E-state index in [-0.39, 0.29) is 16.9 Å². The van der Waals surface area contributed by atoms with Crippen molar-refractivity contribution >= 4 is 28.4 Å². The lowest BCUT2D eigenvalue weighted by Gasteiger charge is -2.49. The van der Waals surface area contributed by atoms with Gasteiger partial charge < -0.3 is 13.8 Å². The predicted molar refractivity (Wildman–Crippen MR) is 174 cm³/mol. The van der Waals surface area contributed by atoms with Crippen molar-refractivity contribution < 1.29 is 40.1 Å². The third kappa shape index (κ3) is 13.7. The Kier molecular flexibility index (Phi) is 15.8. The van der Waals surface area contributed by atoms with E-state index < -0.39 is 39.2 Å². The zero-order chi connectivity index (χ0) is 35.6. The highest BCUT2D eigenvalue weighted by Gasteiger charge is 2.50. The number of nitrogens with zero attached hydrogens (tertiary/aromatic N) is 2. The molecule has 45 heavy (non-hydrogen) atoms. The van der Waals surface area contributed by atoms with E-state index in [9.17, 15) is 31.2 Å². The summed E-state index contributed by atoms with van der Waals surface area (Å²) in [6.45, 7) is 30.2. The molecule has 260 valence electrons. The normalized spacial score (nSPS) is 20.3. The number of halogens is 3. The first-order valence-corrected chi connectivity index (χ1v) is 16.7. The van der Waals surface area contributed by atoms with Crippen molar-refractivity contribution in [3.05, 3.63) is 37.0 Å². The van der Waals surface area contributed by atoms with Gasteiger partial charge in [-0.25, -0.2) is 9.79 Å². The Bertz CT molecular complexity index is 1170. The van der Waals surface area contributed by atoms with Gasteiger partial charge in [-0.1, -0.05) is 79.9 Å². The fourth-order valence-electron chi connectivity index (χ4n) is 5.07. The van der Waals surface area contributed by atoms with E-state index in [1.807, 2.05) is 6.92 Å². The van der Waals surface area contributed by atoms with Crippen molar-refractivity contribution in [2.45, 2.75) is 138 Å². The van der Waals surface area contributed by atoms with E-state index in [2.05, 4.69) is 70.5 Å². The monoisotopic (exact) mass is 664 g/mol. The molecule has 1 saturated carbocycles. The number of esters is 1. The van der Waals surface area contributed by atoms with Crippen molar-refractivity contribution in [2.24, 2.45) is 21.7 Å². The van der Waals surface area contributed by atoms with Gasteiger partial charge in [0.2, 0.25) is 12.3 Å². The van der Waals surface area contributed by atoms with Crippen LogP contribution in [0.1, 0.15) is 114 Å². The van der Waals surface area contributed by atoms with E-state index in [0.29, 0.717) is 56.4 Å². The molecule has 12 heteroatoms. The van der Waals surface area contributed by atoms with E-state index in [4.69, 9.17) is 4.74 Å². The van der Waals surface area contributed by atoms with Crippen LogP contribution in [0.15, 0.2) is 42.0 Å². The molecule has 0 aromatic carbocycles. The van der Waals surface area contributed by atoms with E-state index in [0.717, 1.165) is 18.9 Å². The highest BCUT2D eigenvalue weighted by molar-refractivity contribution is 7.88. The van der Waals surface area contributed by atoms with Crippen LogP contribution >= 0.6 is 0 Å². The third-order valence-electron chi connectivity index (χ3n) is 7.76. The molecule has 0 aromatic rings. The van der Waals surface area contributed by atoms with Crippen molar-refractivity contribution in [1.29, 1.82) is 0 Å². The lowest BCUT2D eigenvalue weighted by molar-refractivity contribution is -0.142. The summed E-state index contributed by atoms with van der Waals surface area (Å²) in [5.41, 5.74) is -5.69. The van der Waals surface area contributed by atoms with E-state index >= 15 is 0 Å². The van der Waals surface area contributed by atoms with Gasteiger partial charge in [-0.05, 0) is 75.5 Å². The summed E-state index contributed by atoms with van der Waals surface area (Å²) in [6, 6.07) is -0.390. The van der Waals surface area contributed by atoms with Crippen molar-refractivity contribution in [1.82, 2.24) is 4.90 Å². The maximum Gasteiger partial charge on any atom is 0.534 e. The predicted octanol–water partition coefficient (Wildman–Crippen LogP) is 8.50. The van der Waals surface area contributed by atoms with Gasteiger partial charge in [0.1, 0.15) is 5.66 Å². The standard InChI is InChI=1S/C25H43F3N2O4S.C8H12O2/c1-10-18(2)21(13-14-22(4,5)6)30(17-31)24(15-11-20(12-16-24)23(7,8)9)29-19(3)34-35(32,33)25(26,27)28;1-5-7(4)8(9)10-6(2)3/h17,20-21H,2,10-16H2,1,3-9H3;5-6H,1,4H2,2-3H3/b29-19+;. The third-order valence-corrected chi connectivity index (χ3v) is 8.79. The summed E-state index contributed by atoms with van der Waals surface area (Å²) < 4.78 is 71.1. The second-order valence-electron chi connectivity index (χ2n) is 14.1. The molecule has 0 heterocycles.